The van der Waals surface area contributed by atoms with Gasteiger partial charge in [-0.2, -0.15) is 9.57 Å². The number of likely N-dealkylation sites (tertiary alicyclic amines) is 1. The quantitative estimate of drug-likeness (QED) is 0.435. The Morgan fingerprint density at radius 2 is 1.94 bits per heavy atom. The van der Waals surface area contributed by atoms with Crippen LogP contribution in [0.25, 0.3) is 0 Å². The lowest BCUT2D eigenvalue weighted by Gasteiger charge is -2.27. The summed E-state index contributed by atoms with van der Waals surface area (Å²) in [5.41, 5.74) is 1.63. The maximum absolute atomic E-state index is 13.6. The van der Waals surface area contributed by atoms with E-state index in [-0.39, 0.29) is 26.0 Å². The molecule has 1 fully saturated rings. The molecule has 2 aromatic heterocycles. The fourth-order valence-corrected chi connectivity index (χ4v) is 7.88. The van der Waals surface area contributed by atoms with Crippen LogP contribution in [0.5, 0.6) is 0 Å². The summed E-state index contributed by atoms with van der Waals surface area (Å²) in [6.07, 6.45) is 0.368. The van der Waals surface area contributed by atoms with Crippen LogP contribution in [0.4, 0.5) is 0 Å². The number of hydrogen-bond donors (Lipinski definition) is 0. The molecule has 1 aliphatic heterocycles. The van der Waals surface area contributed by atoms with Crippen molar-refractivity contribution in [3.8, 4) is 6.07 Å². The van der Waals surface area contributed by atoms with E-state index in [9.17, 15) is 13.2 Å². The number of nitrogens with zero attached hydrogens (tertiary/aromatic N) is 3. The van der Waals surface area contributed by atoms with E-state index in [1.807, 2.05) is 35.7 Å². The van der Waals surface area contributed by atoms with Crippen molar-refractivity contribution in [2.45, 2.75) is 29.8 Å². The first-order valence-corrected chi connectivity index (χ1v) is 13.5. The molecule has 0 N–H and O–H groups in total. The highest BCUT2D eigenvalue weighted by Crippen LogP contribution is 2.37. The summed E-state index contributed by atoms with van der Waals surface area (Å²) in [4.78, 5) is 15.5. The van der Waals surface area contributed by atoms with Crippen molar-refractivity contribution in [2.24, 2.45) is 0 Å². The fourth-order valence-electron chi connectivity index (χ4n) is 3.58. The molecule has 32 heavy (non-hydrogen) atoms. The maximum Gasteiger partial charge on any atom is 0.253 e. The summed E-state index contributed by atoms with van der Waals surface area (Å²) >= 11 is 14.2. The van der Waals surface area contributed by atoms with Gasteiger partial charge in [0.1, 0.15) is 25.5 Å². The van der Waals surface area contributed by atoms with E-state index in [0.29, 0.717) is 24.4 Å². The Bertz CT molecular complexity index is 1260. The summed E-state index contributed by atoms with van der Waals surface area (Å²) < 4.78 is 28.6. The molecule has 0 aliphatic carbocycles. The molecular formula is C21H17Cl2N3O3S3. The molecule has 0 radical (unpaired) electrons. The lowest BCUT2D eigenvalue weighted by Crippen LogP contribution is -2.44. The molecule has 11 heteroatoms. The molecule has 1 saturated heterocycles. The Labute approximate surface area is 204 Å². The molecule has 1 amide bonds. The van der Waals surface area contributed by atoms with Gasteiger partial charge in [0.15, 0.2) is 0 Å². The topological polar surface area (TPSA) is 81.5 Å². The van der Waals surface area contributed by atoms with E-state index >= 15 is 0 Å². The molecule has 3 aromatic rings. The van der Waals surface area contributed by atoms with Crippen molar-refractivity contribution in [3.05, 3.63) is 73.2 Å². The molecule has 0 saturated carbocycles. The highest BCUT2D eigenvalue weighted by Gasteiger charge is 2.42. The first-order valence-electron chi connectivity index (χ1n) is 9.56. The Balaban J connectivity index is 1.64. The van der Waals surface area contributed by atoms with Crippen molar-refractivity contribution >= 4 is 61.8 Å². The van der Waals surface area contributed by atoms with Gasteiger partial charge in [0.2, 0.25) is 5.91 Å². The molecular weight excluding hydrogens is 509 g/mol. The van der Waals surface area contributed by atoms with Gasteiger partial charge in [-0.05, 0) is 35.1 Å². The third-order valence-corrected chi connectivity index (χ3v) is 10.2. The summed E-state index contributed by atoms with van der Waals surface area (Å²) in [6.45, 7) is 0.814. The highest BCUT2D eigenvalue weighted by molar-refractivity contribution is 7.91. The summed E-state index contributed by atoms with van der Waals surface area (Å²) in [7, 11) is -4.02. The van der Waals surface area contributed by atoms with Gasteiger partial charge < -0.3 is 4.90 Å². The SMILES string of the molecule is N#Cc1cc(CN2CC[C@H](N(Cc3ccccc3)S(=O)(=O)c3cc(Cl)c(Cl)s3)C2=O)cs1. The van der Waals surface area contributed by atoms with Crippen molar-refractivity contribution < 1.29 is 13.2 Å². The van der Waals surface area contributed by atoms with Gasteiger partial charge in [-0.3, -0.25) is 4.79 Å². The van der Waals surface area contributed by atoms with E-state index < -0.39 is 16.1 Å². The van der Waals surface area contributed by atoms with Gasteiger partial charge in [-0.1, -0.05) is 53.5 Å². The summed E-state index contributed by atoms with van der Waals surface area (Å²) in [6, 6.07) is 13.5. The number of thiophene rings is 2. The number of rotatable bonds is 7. The zero-order chi connectivity index (χ0) is 22.9. The standard InChI is InChI=1S/C21H17Cl2N3O3S3/c22-17-9-19(31-20(17)23)32(28,29)26(12-14-4-2-1-3-5-14)18-6-7-25(21(18)27)11-15-8-16(10-24)30-13-15/h1-5,8-9,13,18H,6-7,11-12H2/t18-/m0/s1. The second-order valence-electron chi connectivity index (χ2n) is 7.22. The number of carbonyl (C=O) groups is 1. The van der Waals surface area contributed by atoms with E-state index in [1.165, 1.54) is 21.7 Å². The molecule has 166 valence electrons. The van der Waals surface area contributed by atoms with Gasteiger partial charge in [-0.15, -0.1) is 22.7 Å². The Morgan fingerprint density at radius 1 is 1.19 bits per heavy atom. The molecule has 6 nitrogen and oxygen atoms in total. The third kappa shape index (κ3) is 4.71. The van der Waals surface area contributed by atoms with Crippen LogP contribution in [0.3, 0.4) is 0 Å². The second kappa shape index (κ2) is 9.51. The number of nitriles is 1. The van der Waals surface area contributed by atoms with Crippen LogP contribution in [0.15, 0.2) is 52.1 Å². The molecule has 3 heterocycles. The molecule has 1 aliphatic rings. The lowest BCUT2D eigenvalue weighted by molar-refractivity contribution is -0.131. The Morgan fingerprint density at radius 3 is 2.56 bits per heavy atom. The number of sulfonamides is 1. The normalized spacial score (nSPS) is 16.6. The number of hydrogen-bond acceptors (Lipinski definition) is 6. The van der Waals surface area contributed by atoms with E-state index in [4.69, 9.17) is 28.5 Å². The summed E-state index contributed by atoms with van der Waals surface area (Å²) in [5.74, 6) is -0.261. The molecule has 0 bridgehead atoms. The largest absolute Gasteiger partial charge is 0.337 e. The highest BCUT2D eigenvalue weighted by atomic mass is 35.5. The average molecular weight is 526 g/mol. The van der Waals surface area contributed by atoms with Crippen LogP contribution in [0.1, 0.15) is 22.4 Å². The first kappa shape index (κ1) is 23.2. The van der Waals surface area contributed by atoms with Crippen LogP contribution >= 0.6 is 45.9 Å². The van der Waals surface area contributed by atoms with Crippen molar-refractivity contribution in [2.75, 3.05) is 6.54 Å². The van der Waals surface area contributed by atoms with E-state index in [0.717, 1.165) is 22.5 Å². The first-order chi connectivity index (χ1) is 15.3. The number of carbonyl (C=O) groups excluding carboxylic acids is 1. The van der Waals surface area contributed by atoms with Crippen molar-refractivity contribution in [1.29, 1.82) is 5.26 Å². The average Bonchev–Trinajstić information content (AvgIpc) is 3.48. The minimum Gasteiger partial charge on any atom is -0.337 e. The van der Waals surface area contributed by atoms with Gasteiger partial charge in [0.25, 0.3) is 10.0 Å². The molecule has 0 spiro atoms. The molecule has 1 atom stereocenters. The predicted octanol–water partition coefficient (Wildman–Crippen LogP) is 4.98. The van der Waals surface area contributed by atoms with Crippen molar-refractivity contribution in [3.63, 3.8) is 0 Å². The van der Waals surface area contributed by atoms with Gasteiger partial charge in [0.05, 0.1) is 5.02 Å². The van der Waals surface area contributed by atoms with Crippen LogP contribution in [0.2, 0.25) is 9.36 Å². The molecule has 0 unspecified atom stereocenters. The molecule has 4 rings (SSSR count). The zero-order valence-corrected chi connectivity index (χ0v) is 20.5. The second-order valence-corrected chi connectivity index (χ2v) is 12.3. The van der Waals surface area contributed by atoms with Crippen molar-refractivity contribution in [1.82, 2.24) is 9.21 Å². The van der Waals surface area contributed by atoms with Crippen LogP contribution < -0.4 is 0 Å². The zero-order valence-electron chi connectivity index (χ0n) is 16.6. The Hall–Kier alpha value is -1.93. The van der Waals surface area contributed by atoms with Crippen LogP contribution in [-0.4, -0.2) is 36.1 Å². The lowest BCUT2D eigenvalue weighted by atomic mass is 10.2. The third-order valence-electron chi connectivity index (χ3n) is 5.12. The fraction of sp³-hybridized carbons (Fsp3) is 0.238. The van der Waals surface area contributed by atoms with E-state index in [1.54, 1.807) is 11.0 Å². The van der Waals surface area contributed by atoms with Crippen LogP contribution in [0, 0.1) is 11.3 Å². The minimum atomic E-state index is -4.02. The summed E-state index contributed by atoms with van der Waals surface area (Å²) in [5, 5.41) is 11.0. The van der Waals surface area contributed by atoms with E-state index in [2.05, 4.69) is 6.07 Å². The monoisotopic (exact) mass is 525 g/mol. The minimum absolute atomic E-state index is 0.00572. The number of amides is 1. The van der Waals surface area contributed by atoms with Gasteiger partial charge in [-0.25, -0.2) is 8.42 Å². The Kier molecular flexibility index (Phi) is 6.91. The van der Waals surface area contributed by atoms with Crippen LogP contribution in [-0.2, 0) is 27.9 Å². The molecule has 1 aromatic carbocycles. The predicted molar refractivity (Wildman–Crippen MR) is 126 cm³/mol. The number of benzene rings is 1. The maximum atomic E-state index is 13.6. The van der Waals surface area contributed by atoms with Gasteiger partial charge in [0, 0.05) is 19.6 Å². The number of halogens is 2. The van der Waals surface area contributed by atoms with Gasteiger partial charge >= 0.3 is 0 Å². The smallest absolute Gasteiger partial charge is 0.253 e.